The van der Waals surface area contributed by atoms with Crippen molar-refractivity contribution >= 4 is 18.6 Å². The molecule has 0 spiro atoms. The molecule has 0 amide bonds. The van der Waals surface area contributed by atoms with Crippen molar-refractivity contribution in [2.24, 2.45) is 0 Å². The Bertz CT molecular complexity index is 95.6. The SMILES string of the molecule is CCCN1[SiH2]CCC[SiH]1C. The van der Waals surface area contributed by atoms with Crippen molar-refractivity contribution in [3.63, 3.8) is 0 Å². The van der Waals surface area contributed by atoms with Gasteiger partial charge in [-0.05, 0) is 19.0 Å². The van der Waals surface area contributed by atoms with E-state index in [0.717, 1.165) is 0 Å². The zero-order valence-electron chi connectivity index (χ0n) is 7.27. The number of hydrogen-bond donors (Lipinski definition) is 0. The number of nitrogens with zero attached hydrogens (tertiary/aromatic N) is 1. The van der Waals surface area contributed by atoms with E-state index in [9.17, 15) is 0 Å². The molecule has 1 aliphatic rings. The second-order valence-electron chi connectivity index (χ2n) is 3.38. The molecule has 1 atom stereocenters. The van der Waals surface area contributed by atoms with E-state index in [1.165, 1.54) is 13.0 Å². The van der Waals surface area contributed by atoms with Crippen LogP contribution in [0.4, 0.5) is 0 Å². The molecule has 1 heterocycles. The molecule has 0 aromatic heterocycles. The monoisotopic (exact) mass is 173 g/mol. The van der Waals surface area contributed by atoms with Crippen LogP contribution in [-0.4, -0.2) is 29.4 Å². The van der Waals surface area contributed by atoms with Crippen LogP contribution in [0.15, 0.2) is 0 Å². The van der Waals surface area contributed by atoms with Gasteiger partial charge in [0.15, 0.2) is 0 Å². The third-order valence-corrected chi connectivity index (χ3v) is 9.55. The minimum absolute atomic E-state index is 0.259. The molecule has 10 heavy (non-hydrogen) atoms. The lowest BCUT2D eigenvalue weighted by atomic mass is 10.5. The predicted octanol–water partition coefficient (Wildman–Crippen LogP) is 0.958. The van der Waals surface area contributed by atoms with E-state index < -0.39 is 0 Å². The highest BCUT2D eigenvalue weighted by Gasteiger charge is 2.17. The highest BCUT2D eigenvalue weighted by molar-refractivity contribution is 6.64. The van der Waals surface area contributed by atoms with Crippen LogP contribution in [0.2, 0.25) is 18.6 Å². The fraction of sp³-hybridized carbons (Fsp3) is 1.00. The summed E-state index contributed by atoms with van der Waals surface area (Å²) in [4.78, 5) is 0. The van der Waals surface area contributed by atoms with Crippen LogP contribution in [0.5, 0.6) is 0 Å². The summed E-state index contributed by atoms with van der Waals surface area (Å²) < 4.78 is 2.89. The maximum Gasteiger partial charge on any atom is 0.101 e. The van der Waals surface area contributed by atoms with Gasteiger partial charge in [-0.3, -0.25) is 0 Å². The van der Waals surface area contributed by atoms with Gasteiger partial charge < -0.3 is 4.23 Å². The Labute approximate surface area is 68.4 Å². The van der Waals surface area contributed by atoms with E-state index in [4.69, 9.17) is 0 Å². The minimum Gasteiger partial charge on any atom is -0.353 e. The lowest BCUT2D eigenvalue weighted by Gasteiger charge is -2.31. The van der Waals surface area contributed by atoms with Crippen LogP contribution in [0.3, 0.4) is 0 Å². The quantitative estimate of drug-likeness (QED) is 0.562. The van der Waals surface area contributed by atoms with Crippen molar-refractivity contribution in [2.45, 2.75) is 38.4 Å². The number of rotatable bonds is 2. The van der Waals surface area contributed by atoms with Crippen LogP contribution in [-0.2, 0) is 0 Å². The van der Waals surface area contributed by atoms with Gasteiger partial charge in [-0.1, -0.05) is 25.9 Å². The molecule has 0 N–H and O–H groups in total. The fourth-order valence-electron chi connectivity index (χ4n) is 1.78. The zero-order valence-corrected chi connectivity index (χ0v) is 9.84. The molecule has 1 fully saturated rings. The van der Waals surface area contributed by atoms with Gasteiger partial charge in [0.05, 0.1) is 9.68 Å². The highest BCUT2D eigenvalue weighted by Crippen LogP contribution is 2.13. The molecule has 0 aliphatic carbocycles. The third-order valence-electron chi connectivity index (χ3n) is 2.45. The van der Waals surface area contributed by atoms with Gasteiger partial charge in [-0.15, -0.1) is 0 Å². The Hall–Kier alpha value is 0.394. The smallest absolute Gasteiger partial charge is 0.101 e. The number of hydrogen-bond acceptors (Lipinski definition) is 1. The third kappa shape index (κ3) is 2.21. The Morgan fingerprint density at radius 2 is 2.40 bits per heavy atom. The van der Waals surface area contributed by atoms with Gasteiger partial charge >= 0.3 is 0 Å². The summed E-state index contributed by atoms with van der Waals surface area (Å²) in [5.74, 6) is 0. The van der Waals surface area contributed by atoms with Crippen molar-refractivity contribution in [2.75, 3.05) is 6.54 Å². The first-order valence-electron chi connectivity index (χ1n) is 4.58. The van der Waals surface area contributed by atoms with Crippen molar-refractivity contribution in [3.05, 3.63) is 0 Å². The summed E-state index contributed by atoms with van der Waals surface area (Å²) in [5, 5.41) is 0. The van der Waals surface area contributed by atoms with Crippen LogP contribution >= 0.6 is 0 Å². The van der Waals surface area contributed by atoms with Gasteiger partial charge in [0.25, 0.3) is 0 Å². The molecule has 1 aliphatic heterocycles. The maximum absolute atomic E-state index is 2.89. The molecule has 0 bridgehead atoms. The van der Waals surface area contributed by atoms with E-state index in [1.54, 1.807) is 18.5 Å². The van der Waals surface area contributed by atoms with E-state index in [0.29, 0.717) is 0 Å². The summed E-state index contributed by atoms with van der Waals surface area (Å²) >= 11 is 0. The normalized spacial score (nSPS) is 31.2. The van der Waals surface area contributed by atoms with E-state index >= 15 is 0 Å². The minimum atomic E-state index is -0.332. The average molecular weight is 173 g/mol. The van der Waals surface area contributed by atoms with Crippen LogP contribution in [0.1, 0.15) is 19.8 Å². The van der Waals surface area contributed by atoms with Gasteiger partial charge in [0, 0.05) is 0 Å². The van der Waals surface area contributed by atoms with E-state index in [-0.39, 0.29) is 18.6 Å². The molecule has 1 nitrogen and oxygen atoms in total. The average Bonchev–Trinajstić information content (AvgIpc) is 1.94. The van der Waals surface area contributed by atoms with Crippen LogP contribution < -0.4 is 0 Å². The molecular formula is C7H19NSi2. The summed E-state index contributed by atoms with van der Waals surface area (Å²) in [7, 11) is -0.0730. The first-order valence-corrected chi connectivity index (χ1v) is 8.70. The fourth-order valence-corrected chi connectivity index (χ4v) is 8.61. The Kier molecular flexibility index (Phi) is 3.66. The summed E-state index contributed by atoms with van der Waals surface area (Å²) in [5.41, 5.74) is 0. The lowest BCUT2D eigenvalue weighted by molar-refractivity contribution is 0.615. The van der Waals surface area contributed by atoms with Gasteiger partial charge in [-0.25, -0.2) is 0 Å². The van der Waals surface area contributed by atoms with Gasteiger partial charge in [0.2, 0.25) is 0 Å². The molecule has 0 aromatic rings. The summed E-state index contributed by atoms with van der Waals surface area (Å²) in [6, 6.07) is 3.18. The molecular weight excluding hydrogens is 154 g/mol. The molecule has 1 saturated heterocycles. The first kappa shape index (κ1) is 8.49. The van der Waals surface area contributed by atoms with Crippen molar-refractivity contribution in [3.8, 4) is 0 Å². The maximum atomic E-state index is 2.89. The molecule has 1 rings (SSSR count). The predicted molar refractivity (Wildman–Crippen MR) is 52.8 cm³/mol. The van der Waals surface area contributed by atoms with Gasteiger partial charge in [-0.2, -0.15) is 0 Å². The van der Waals surface area contributed by atoms with Crippen LogP contribution in [0.25, 0.3) is 0 Å². The Morgan fingerprint density at radius 3 is 3.00 bits per heavy atom. The lowest BCUT2D eigenvalue weighted by Crippen LogP contribution is -2.43. The molecule has 0 saturated carbocycles. The van der Waals surface area contributed by atoms with Crippen molar-refractivity contribution in [1.82, 2.24) is 4.23 Å². The van der Waals surface area contributed by atoms with Gasteiger partial charge in [0.1, 0.15) is 8.96 Å². The standard InChI is InChI=1S/C7H19NSi2/c1-3-5-8-9-6-4-7-10(8)2/h10H,3-7,9H2,1-2H3. The summed E-state index contributed by atoms with van der Waals surface area (Å²) in [6.07, 6.45) is 2.95. The molecule has 3 heteroatoms. The van der Waals surface area contributed by atoms with E-state index in [1.807, 2.05) is 0 Å². The van der Waals surface area contributed by atoms with Crippen molar-refractivity contribution < 1.29 is 0 Å². The first-order chi connectivity index (χ1) is 4.84. The topological polar surface area (TPSA) is 3.24 Å². The molecule has 0 aromatic carbocycles. The van der Waals surface area contributed by atoms with Crippen molar-refractivity contribution in [1.29, 1.82) is 0 Å². The molecule has 0 radical (unpaired) electrons. The highest BCUT2D eigenvalue weighted by atomic mass is 28.3. The zero-order chi connectivity index (χ0) is 7.40. The largest absolute Gasteiger partial charge is 0.353 e. The summed E-state index contributed by atoms with van der Waals surface area (Å²) in [6.45, 7) is 6.27. The Morgan fingerprint density at radius 1 is 1.60 bits per heavy atom. The molecule has 60 valence electrons. The van der Waals surface area contributed by atoms with E-state index in [2.05, 4.69) is 17.7 Å². The Balaban J connectivity index is 2.25. The second-order valence-corrected chi connectivity index (χ2v) is 9.08. The van der Waals surface area contributed by atoms with Crippen LogP contribution in [0, 0.1) is 0 Å². The second kappa shape index (κ2) is 4.31. The molecule has 1 unspecified atom stereocenters.